The summed E-state index contributed by atoms with van der Waals surface area (Å²) < 4.78 is 10.3. The van der Waals surface area contributed by atoms with Gasteiger partial charge in [-0.3, -0.25) is 18.3 Å². The van der Waals surface area contributed by atoms with Crippen LogP contribution in [0, 0.1) is 121 Å². The molecular formula is C88H128N4P2. The molecule has 6 heteroatoms. The van der Waals surface area contributed by atoms with Gasteiger partial charge in [0.05, 0.1) is 22.7 Å². The molecule has 2 heterocycles. The number of imidazole rings is 2. The zero-order valence-corrected chi connectivity index (χ0v) is 68.2. The van der Waals surface area contributed by atoms with Crippen molar-refractivity contribution in [1.29, 1.82) is 0 Å². The summed E-state index contributed by atoms with van der Waals surface area (Å²) in [7, 11) is 2.43. The predicted molar refractivity (Wildman–Crippen MR) is 420 cm³/mol. The topological polar surface area (TPSA) is 19.7 Å². The average molecular weight is 1300 g/mol. The van der Waals surface area contributed by atoms with Crippen molar-refractivity contribution in [2.45, 2.75) is 307 Å². The maximum atomic E-state index is 2.58. The van der Waals surface area contributed by atoms with Crippen molar-refractivity contribution >= 4 is 27.0 Å². The number of rotatable bonds is 9. The average Bonchev–Trinajstić information content (AvgIpc) is 1.49. The number of aromatic nitrogens is 4. The Labute approximate surface area is 578 Å². The minimum atomic E-state index is -0.0126. The molecule has 0 atom stereocenters. The molecule has 0 fully saturated rings. The summed E-state index contributed by atoms with van der Waals surface area (Å²) in [5.74, 6) is 0. The standard InChI is InChI=1S/2C41H57N2P.C6H14/c2*1-24-18-26(3)35(27(4)19-24)42-30(7)31(8)43(36-28(5)20-25(2)21-29(36)6)38(42)44-37-33(40(12,13)14)22-32(39(9,10)11)23-34(37)41(15,16)17;1-3-5-6-4-2/h2*18-23H,1-17H3;3-6H2,1-2H3. The highest BCUT2D eigenvalue weighted by atomic mass is 31.1. The Balaban J connectivity index is 0.000000274. The van der Waals surface area contributed by atoms with Crippen LogP contribution in [0.15, 0.2) is 72.8 Å². The van der Waals surface area contributed by atoms with E-state index in [-0.39, 0.29) is 32.5 Å². The Kier molecular flexibility index (Phi) is 23.7. The summed E-state index contributed by atoms with van der Waals surface area (Å²) in [6, 6.07) is 28.8. The lowest BCUT2D eigenvalue weighted by Crippen LogP contribution is -2.30. The van der Waals surface area contributed by atoms with Gasteiger partial charge in [0.25, 0.3) is 0 Å². The van der Waals surface area contributed by atoms with Crippen LogP contribution in [0.1, 0.15) is 287 Å². The highest BCUT2D eigenvalue weighted by molar-refractivity contribution is 7.39. The number of aryl methyl sites for hydroxylation is 12. The Morgan fingerprint density at radius 2 is 0.426 bits per heavy atom. The van der Waals surface area contributed by atoms with E-state index < -0.39 is 0 Å². The first-order chi connectivity index (χ1) is 43.0. The van der Waals surface area contributed by atoms with Gasteiger partial charge < -0.3 is 0 Å². The van der Waals surface area contributed by atoms with E-state index in [4.69, 9.17) is 0 Å². The third kappa shape index (κ3) is 16.8. The van der Waals surface area contributed by atoms with Gasteiger partial charge in [0.2, 0.25) is 0 Å². The molecule has 94 heavy (non-hydrogen) atoms. The fourth-order valence-corrected chi connectivity index (χ4v) is 18.1. The third-order valence-corrected chi connectivity index (χ3v) is 21.8. The van der Waals surface area contributed by atoms with Crippen molar-refractivity contribution in [3.05, 3.63) is 206 Å². The third-order valence-electron chi connectivity index (χ3n) is 19.2. The van der Waals surface area contributed by atoms with Gasteiger partial charge in [0.15, 0.2) is 10.4 Å². The van der Waals surface area contributed by atoms with Crippen LogP contribution in [0.25, 0.3) is 22.7 Å². The highest BCUT2D eigenvalue weighted by Gasteiger charge is 2.33. The molecule has 510 valence electrons. The smallest absolute Gasteiger partial charge is 0.150 e. The SMILES string of the molecule is CCCCCC.Cc1cc(C)c(-n2c(C)c(C)n(-c3c(C)cc(C)cc3C)c2=Pc2c(C(C)(C)C)cc(C(C)(C)C)cc2C(C)(C)C)c(C)c1.Cc1cc(C)c(-n2c(C)c(C)n(-c3c(C)cc(C)cc3C)c2=Pc2c(C(C)(C)C)cc(C(C)(C)C)cc2C(C)(C)C)c(C)c1. The van der Waals surface area contributed by atoms with Crippen molar-refractivity contribution in [2.24, 2.45) is 0 Å². The maximum Gasteiger partial charge on any atom is 0.150 e. The molecule has 8 aromatic rings. The molecule has 0 bridgehead atoms. The molecule has 0 unspecified atom stereocenters. The minimum Gasteiger partial charge on any atom is -0.294 e. The van der Waals surface area contributed by atoms with Crippen molar-refractivity contribution in [3.8, 4) is 22.7 Å². The van der Waals surface area contributed by atoms with Gasteiger partial charge in [-0.25, -0.2) is 0 Å². The van der Waals surface area contributed by atoms with Gasteiger partial charge in [0, 0.05) is 33.4 Å². The van der Waals surface area contributed by atoms with Crippen LogP contribution in [0.2, 0.25) is 0 Å². The molecule has 0 aliphatic heterocycles. The van der Waals surface area contributed by atoms with E-state index >= 15 is 0 Å². The number of unbranched alkanes of at least 4 members (excludes halogenated alkanes) is 3. The molecule has 0 saturated carbocycles. The summed E-state index contributed by atoms with van der Waals surface area (Å²) in [6.45, 7) is 83.3. The first kappa shape index (κ1) is 77.3. The molecule has 4 nitrogen and oxygen atoms in total. The van der Waals surface area contributed by atoms with Gasteiger partial charge in [-0.15, -0.1) is 0 Å². The van der Waals surface area contributed by atoms with E-state index in [9.17, 15) is 0 Å². The van der Waals surface area contributed by atoms with Crippen LogP contribution in [0.4, 0.5) is 0 Å². The van der Waals surface area contributed by atoms with Crippen LogP contribution in [0.3, 0.4) is 0 Å². The normalized spacial score (nSPS) is 12.6. The number of nitrogens with zero attached hydrogens (tertiary/aromatic N) is 4. The van der Waals surface area contributed by atoms with Crippen molar-refractivity contribution in [2.75, 3.05) is 0 Å². The molecule has 2 aromatic heterocycles. The van der Waals surface area contributed by atoms with E-state index in [2.05, 4.69) is 340 Å². The molecular weight excluding hydrogens is 1170 g/mol. The molecule has 6 aromatic carbocycles. The largest absolute Gasteiger partial charge is 0.294 e. The first-order valence-electron chi connectivity index (χ1n) is 35.4. The van der Waals surface area contributed by atoms with Crippen LogP contribution in [-0.4, -0.2) is 18.3 Å². The highest BCUT2D eigenvalue weighted by Crippen LogP contribution is 2.41. The summed E-state index contributed by atoms with van der Waals surface area (Å²) in [4.78, 5) is 0. The zero-order chi connectivity index (χ0) is 71.4. The number of hydrogen-bond donors (Lipinski definition) is 0. The molecule has 0 N–H and O–H groups in total. The lowest BCUT2D eigenvalue weighted by molar-refractivity contribution is 0.553. The lowest BCUT2D eigenvalue weighted by Gasteiger charge is -2.32. The van der Waals surface area contributed by atoms with Crippen LogP contribution >= 0.6 is 16.4 Å². The quantitative estimate of drug-likeness (QED) is 0.101. The van der Waals surface area contributed by atoms with Crippen LogP contribution in [-0.2, 0) is 32.5 Å². The second-order valence-corrected chi connectivity index (χ2v) is 36.7. The van der Waals surface area contributed by atoms with Gasteiger partial charge in [-0.1, -0.05) is 259 Å². The molecule has 8 rings (SSSR count). The monoisotopic (exact) mass is 1300 g/mol. The van der Waals surface area contributed by atoms with Gasteiger partial charge in [0.1, 0.15) is 0 Å². The maximum absolute atomic E-state index is 2.58. The van der Waals surface area contributed by atoms with E-state index in [0.29, 0.717) is 0 Å². The zero-order valence-electron chi connectivity index (χ0n) is 66.4. The second-order valence-electron chi connectivity index (χ2n) is 34.5. The fraction of sp³-hybridized carbons (Fsp3) is 0.523. The summed E-state index contributed by atoms with van der Waals surface area (Å²) in [5, 5.41) is 5.47. The van der Waals surface area contributed by atoms with Gasteiger partial charge in [-0.2, -0.15) is 0 Å². The molecule has 0 radical (unpaired) electrons. The van der Waals surface area contributed by atoms with Crippen LogP contribution in [0.5, 0.6) is 0 Å². The molecule has 0 saturated heterocycles. The van der Waals surface area contributed by atoms with E-state index in [1.165, 1.54) is 209 Å². The molecule has 0 aliphatic carbocycles. The number of hydrogen-bond acceptors (Lipinski definition) is 0. The Bertz CT molecular complexity index is 3650. The summed E-state index contributed by atoms with van der Waals surface area (Å²) >= 11 is 0. The Morgan fingerprint density at radius 3 is 0.564 bits per heavy atom. The first-order valence-corrected chi connectivity index (χ1v) is 37.2. The Hall–Kier alpha value is -5.66. The lowest BCUT2D eigenvalue weighted by atomic mass is 9.75. The molecule has 0 spiro atoms. The second kappa shape index (κ2) is 28.8. The van der Waals surface area contributed by atoms with E-state index in [0.717, 1.165) is 0 Å². The predicted octanol–water partition coefficient (Wildman–Crippen LogP) is 25.4. The van der Waals surface area contributed by atoms with E-state index in [1.54, 1.807) is 0 Å². The van der Waals surface area contributed by atoms with Crippen LogP contribution < -0.4 is 10.6 Å². The Morgan fingerprint density at radius 1 is 0.255 bits per heavy atom. The molecule has 0 aliphatic rings. The minimum absolute atomic E-state index is 0.0126. The molecule has 0 amide bonds. The number of benzene rings is 6. The van der Waals surface area contributed by atoms with Crippen molar-refractivity contribution in [1.82, 2.24) is 18.3 Å². The van der Waals surface area contributed by atoms with Gasteiger partial charge in [-0.05, 0) is 238 Å². The summed E-state index contributed by atoms with van der Waals surface area (Å²) in [6.07, 6.45) is 5.54. The fourth-order valence-electron chi connectivity index (χ4n) is 14.2. The van der Waals surface area contributed by atoms with E-state index in [1.807, 2.05) is 0 Å². The van der Waals surface area contributed by atoms with Gasteiger partial charge >= 0.3 is 0 Å². The summed E-state index contributed by atoms with van der Waals surface area (Å²) in [5.41, 5.74) is 34.9. The van der Waals surface area contributed by atoms with Crippen molar-refractivity contribution < 1.29 is 0 Å². The van der Waals surface area contributed by atoms with Crippen molar-refractivity contribution in [3.63, 3.8) is 0 Å².